The third kappa shape index (κ3) is 2.54. The van der Waals surface area contributed by atoms with Crippen LogP contribution in [-0.4, -0.2) is 20.6 Å². The van der Waals surface area contributed by atoms with Crippen LogP contribution in [-0.2, 0) is 7.05 Å². The van der Waals surface area contributed by atoms with Crippen LogP contribution >= 0.6 is 11.6 Å². The van der Waals surface area contributed by atoms with Gasteiger partial charge in [0.1, 0.15) is 17.9 Å². The van der Waals surface area contributed by atoms with Crippen LogP contribution in [0.1, 0.15) is 5.56 Å². The smallest absolute Gasteiger partial charge is 0.341 e. The highest BCUT2D eigenvalue weighted by molar-refractivity contribution is 6.32. The summed E-state index contributed by atoms with van der Waals surface area (Å²) in [7, 11) is 1.74. The molecule has 1 heterocycles. The highest BCUT2D eigenvalue weighted by atomic mass is 35.5. The Labute approximate surface area is 102 Å². The number of nitrogens with zero attached hydrogens (tertiary/aromatic N) is 3. The lowest BCUT2D eigenvalue weighted by molar-refractivity contribution is 0.439. The van der Waals surface area contributed by atoms with E-state index in [1.165, 1.54) is 11.0 Å². The highest BCUT2D eigenvalue weighted by Gasteiger charge is 2.08. The molecule has 0 saturated carbocycles. The van der Waals surface area contributed by atoms with Gasteiger partial charge in [0.15, 0.2) is 0 Å². The Morgan fingerprint density at radius 1 is 1.53 bits per heavy atom. The molecule has 0 aliphatic rings. The maximum atomic E-state index is 7.28. The van der Waals surface area contributed by atoms with Crippen LogP contribution in [0.15, 0.2) is 24.5 Å². The quantitative estimate of drug-likeness (QED) is 0.640. The van der Waals surface area contributed by atoms with Gasteiger partial charge in [-0.05, 0) is 18.2 Å². The Morgan fingerprint density at radius 3 is 2.82 bits per heavy atom. The molecule has 88 valence electrons. The first kappa shape index (κ1) is 11.4. The van der Waals surface area contributed by atoms with Crippen molar-refractivity contribution in [2.24, 2.45) is 12.8 Å². The maximum absolute atomic E-state index is 7.28. The van der Waals surface area contributed by atoms with E-state index in [0.717, 1.165) is 0 Å². The van der Waals surface area contributed by atoms with Gasteiger partial charge in [-0.1, -0.05) is 11.6 Å². The number of halogens is 1. The first-order chi connectivity index (χ1) is 8.06. The van der Waals surface area contributed by atoms with Crippen molar-refractivity contribution in [3.05, 3.63) is 35.1 Å². The number of benzene rings is 1. The van der Waals surface area contributed by atoms with Gasteiger partial charge in [0.2, 0.25) is 0 Å². The number of ether oxygens (including phenoxy) is 1. The molecular weight excluding hydrogens is 242 g/mol. The Balaban J connectivity index is 2.25. The summed E-state index contributed by atoms with van der Waals surface area (Å²) in [4.78, 5) is 3.91. The third-order valence-electron chi connectivity index (χ3n) is 2.02. The highest BCUT2D eigenvalue weighted by Crippen LogP contribution is 2.28. The fourth-order valence-corrected chi connectivity index (χ4v) is 1.43. The lowest BCUT2D eigenvalue weighted by Crippen LogP contribution is -2.10. The molecule has 6 nitrogen and oxygen atoms in total. The monoisotopic (exact) mass is 251 g/mol. The summed E-state index contributed by atoms with van der Waals surface area (Å²) in [5.41, 5.74) is 5.88. The van der Waals surface area contributed by atoms with Crippen LogP contribution in [0, 0.1) is 5.41 Å². The molecule has 2 aromatic rings. The average Bonchev–Trinajstić information content (AvgIpc) is 2.67. The molecule has 0 bridgehead atoms. The van der Waals surface area contributed by atoms with Gasteiger partial charge in [0.05, 0.1) is 5.02 Å². The van der Waals surface area contributed by atoms with Gasteiger partial charge in [-0.2, -0.15) is 4.98 Å². The summed E-state index contributed by atoms with van der Waals surface area (Å²) >= 11 is 5.99. The van der Waals surface area contributed by atoms with Gasteiger partial charge < -0.3 is 10.5 Å². The summed E-state index contributed by atoms with van der Waals surface area (Å²) in [6.45, 7) is 0. The lowest BCUT2D eigenvalue weighted by Gasteiger charge is -2.05. The number of nitrogens with one attached hydrogen (secondary N) is 1. The van der Waals surface area contributed by atoms with E-state index < -0.39 is 0 Å². The van der Waals surface area contributed by atoms with Gasteiger partial charge >= 0.3 is 6.01 Å². The van der Waals surface area contributed by atoms with Crippen LogP contribution in [0.2, 0.25) is 5.02 Å². The van der Waals surface area contributed by atoms with Crippen molar-refractivity contribution >= 4 is 17.4 Å². The Kier molecular flexibility index (Phi) is 2.97. The average molecular weight is 252 g/mol. The SMILES string of the molecule is Cn1cnc(Oc2ccc(C(=N)N)cc2Cl)n1. The van der Waals surface area contributed by atoms with Crippen molar-refractivity contribution in [3.63, 3.8) is 0 Å². The number of hydrogen-bond acceptors (Lipinski definition) is 4. The van der Waals surface area contributed by atoms with E-state index in [4.69, 9.17) is 27.5 Å². The molecule has 0 radical (unpaired) electrons. The van der Waals surface area contributed by atoms with Crippen molar-refractivity contribution in [2.45, 2.75) is 0 Å². The molecule has 0 fully saturated rings. The third-order valence-corrected chi connectivity index (χ3v) is 2.32. The first-order valence-electron chi connectivity index (χ1n) is 4.73. The zero-order chi connectivity index (χ0) is 12.4. The van der Waals surface area contributed by atoms with Crippen LogP contribution < -0.4 is 10.5 Å². The van der Waals surface area contributed by atoms with E-state index in [1.54, 1.807) is 25.2 Å². The summed E-state index contributed by atoms with van der Waals surface area (Å²) in [5.74, 6) is 0.372. The molecule has 1 aromatic carbocycles. The van der Waals surface area contributed by atoms with Gasteiger partial charge in [0.25, 0.3) is 0 Å². The summed E-state index contributed by atoms with van der Waals surface area (Å²) in [5, 5.41) is 11.6. The van der Waals surface area contributed by atoms with E-state index in [1.807, 2.05) is 0 Å². The van der Waals surface area contributed by atoms with Gasteiger partial charge in [-0.15, -0.1) is 5.10 Å². The second kappa shape index (κ2) is 4.42. The van der Waals surface area contributed by atoms with E-state index in [9.17, 15) is 0 Å². The predicted molar refractivity (Wildman–Crippen MR) is 63.5 cm³/mol. The van der Waals surface area contributed by atoms with Crippen molar-refractivity contribution in [1.82, 2.24) is 14.8 Å². The molecule has 0 unspecified atom stereocenters. The second-order valence-corrected chi connectivity index (χ2v) is 3.77. The normalized spacial score (nSPS) is 10.2. The van der Waals surface area contributed by atoms with Crippen LogP contribution in [0.4, 0.5) is 0 Å². The molecule has 7 heteroatoms. The van der Waals surface area contributed by atoms with E-state index in [-0.39, 0.29) is 11.8 Å². The Morgan fingerprint density at radius 2 is 2.29 bits per heavy atom. The van der Waals surface area contributed by atoms with Crippen LogP contribution in [0.3, 0.4) is 0 Å². The minimum atomic E-state index is -0.0468. The number of nitrogens with two attached hydrogens (primary N) is 1. The Hall–Kier alpha value is -2.08. The van der Waals surface area contributed by atoms with Gasteiger partial charge in [0, 0.05) is 12.6 Å². The molecule has 0 aliphatic carbocycles. The van der Waals surface area contributed by atoms with E-state index in [0.29, 0.717) is 16.3 Å². The van der Waals surface area contributed by atoms with Crippen LogP contribution in [0.25, 0.3) is 0 Å². The predicted octanol–water partition coefficient (Wildman–Crippen LogP) is 1.54. The number of aromatic nitrogens is 3. The minimum absolute atomic E-state index is 0.0468. The van der Waals surface area contributed by atoms with Crippen molar-refractivity contribution in [1.29, 1.82) is 5.41 Å². The number of nitrogen functional groups attached to an aromatic ring is 1. The molecule has 17 heavy (non-hydrogen) atoms. The number of amidine groups is 1. The minimum Gasteiger partial charge on any atom is -0.422 e. The Bertz CT molecular complexity index is 566. The first-order valence-corrected chi connectivity index (χ1v) is 5.11. The molecular formula is C10H10ClN5O. The largest absolute Gasteiger partial charge is 0.422 e. The standard InChI is InChI=1S/C10H10ClN5O/c1-16-5-14-10(15-16)17-8-3-2-6(9(12)13)4-7(8)11/h2-5H,1H3,(H3,12,13). The van der Waals surface area contributed by atoms with Gasteiger partial charge in [-0.25, -0.2) is 0 Å². The second-order valence-electron chi connectivity index (χ2n) is 3.36. The van der Waals surface area contributed by atoms with Crippen molar-refractivity contribution in [3.8, 4) is 11.8 Å². The molecule has 0 saturated heterocycles. The number of hydrogen-bond donors (Lipinski definition) is 2. The number of rotatable bonds is 3. The fourth-order valence-electron chi connectivity index (χ4n) is 1.22. The lowest BCUT2D eigenvalue weighted by atomic mass is 10.2. The molecule has 0 aliphatic heterocycles. The zero-order valence-electron chi connectivity index (χ0n) is 9.01. The molecule has 1 aromatic heterocycles. The van der Waals surface area contributed by atoms with Crippen LogP contribution in [0.5, 0.6) is 11.8 Å². The maximum Gasteiger partial charge on any atom is 0.341 e. The molecule has 3 N–H and O–H groups in total. The summed E-state index contributed by atoms with van der Waals surface area (Å²) in [6.07, 6.45) is 1.52. The van der Waals surface area contributed by atoms with Crippen molar-refractivity contribution in [2.75, 3.05) is 0 Å². The fraction of sp³-hybridized carbons (Fsp3) is 0.100. The molecule has 2 rings (SSSR count). The summed E-state index contributed by atoms with van der Waals surface area (Å²) in [6, 6.07) is 5.04. The van der Waals surface area contributed by atoms with Crippen molar-refractivity contribution < 1.29 is 4.74 Å². The topological polar surface area (TPSA) is 89.8 Å². The number of aryl methyl sites for hydroxylation is 1. The van der Waals surface area contributed by atoms with Gasteiger partial charge in [-0.3, -0.25) is 10.1 Å². The zero-order valence-corrected chi connectivity index (χ0v) is 9.77. The summed E-state index contributed by atoms with van der Waals surface area (Å²) < 4.78 is 6.90. The molecule has 0 spiro atoms. The van der Waals surface area contributed by atoms with E-state index >= 15 is 0 Å². The van der Waals surface area contributed by atoms with E-state index in [2.05, 4.69) is 10.1 Å². The molecule has 0 atom stereocenters. The molecule has 0 amide bonds.